The summed E-state index contributed by atoms with van der Waals surface area (Å²) in [6, 6.07) is 5.54. The average Bonchev–Trinajstić information content (AvgIpc) is 2.97. The Bertz CT molecular complexity index is 348. The van der Waals surface area contributed by atoms with E-state index in [1.165, 1.54) is 0 Å². The van der Waals surface area contributed by atoms with Crippen molar-refractivity contribution in [1.29, 1.82) is 15.8 Å². The van der Waals surface area contributed by atoms with Gasteiger partial charge in [-0.1, -0.05) is 0 Å². The molecule has 1 rings (SSSR count). The molecule has 0 N–H and O–H groups in total. The summed E-state index contributed by atoms with van der Waals surface area (Å²) in [5.41, 5.74) is -0.937. The van der Waals surface area contributed by atoms with E-state index >= 15 is 0 Å². The molecule has 5 heteroatoms. The topological polar surface area (TPSA) is 91.7 Å². The van der Waals surface area contributed by atoms with Crippen LogP contribution in [-0.4, -0.2) is 23.9 Å². The van der Waals surface area contributed by atoms with Crippen LogP contribution in [0.1, 0.15) is 12.8 Å². The number of carbonyl (C=O) groups is 1. The van der Waals surface area contributed by atoms with Gasteiger partial charge in [0.1, 0.15) is 18.5 Å². The van der Waals surface area contributed by atoms with Gasteiger partial charge in [-0.2, -0.15) is 15.8 Å². The van der Waals surface area contributed by atoms with Gasteiger partial charge in [0.25, 0.3) is 0 Å². The summed E-state index contributed by atoms with van der Waals surface area (Å²) in [5, 5.41) is 25.6. The van der Waals surface area contributed by atoms with E-state index in [-0.39, 0.29) is 19.0 Å². The molecule has 0 atom stereocenters. The van der Waals surface area contributed by atoms with Crippen molar-refractivity contribution in [1.82, 2.24) is 4.90 Å². The number of nitrogens with zero attached hydrogens (tertiary/aromatic N) is 4. The number of amides is 1. The number of hydrogen-bond acceptors (Lipinski definition) is 4. The minimum Gasteiger partial charge on any atom is -0.315 e. The molecule has 70 valence electrons. The monoisotopic (exact) mass is 188 g/mol. The third-order valence-corrected chi connectivity index (χ3v) is 2.18. The van der Waals surface area contributed by atoms with E-state index in [0.717, 1.165) is 4.90 Å². The van der Waals surface area contributed by atoms with Crippen LogP contribution in [0.25, 0.3) is 0 Å². The zero-order valence-corrected chi connectivity index (χ0v) is 7.53. The van der Waals surface area contributed by atoms with Crippen LogP contribution < -0.4 is 0 Å². The van der Waals surface area contributed by atoms with Gasteiger partial charge >= 0.3 is 0 Å². The van der Waals surface area contributed by atoms with Crippen LogP contribution >= 0.6 is 0 Å². The van der Waals surface area contributed by atoms with Gasteiger partial charge in [-0.15, -0.1) is 0 Å². The fourth-order valence-corrected chi connectivity index (χ4v) is 1.17. The van der Waals surface area contributed by atoms with Gasteiger partial charge in [-0.25, -0.2) is 0 Å². The van der Waals surface area contributed by atoms with Crippen LogP contribution in [0.2, 0.25) is 0 Å². The van der Waals surface area contributed by atoms with Crippen molar-refractivity contribution >= 4 is 5.91 Å². The molecule has 0 heterocycles. The highest BCUT2D eigenvalue weighted by Gasteiger charge is 2.52. The molecule has 14 heavy (non-hydrogen) atoms. The zero-order valence-electron chi connectivity index (χ0n) is 7.53. The molecule has 0 aromatic carbocycles. The van der Waals surface area contributed by atoms with Crippen LogP contribution in [0.3, 0.4) is 0 Å². The summed E-state index contributed by atoms with van der Waals surface area (Å²) < 4.78 is 0. The Balaban J connectivity index is 2.72. The molecule has 1 fully saturated rings. The SMILES string of the molecule is N#CCN(CC#N)C(=O)C1(C#N)CC1. The van der Waals surface area contributed by atoms with E-state index in [1.54, 1.807) is 12.1 Å². The molecule has 5 nitrogen and oxygen atoms in total. The Labute approximate surface area is 81.8 Å². The molecule has 0 unspecified atom stereocenters. The van der Waals surface area contributed by atoms with E-state index in [0.29, 0.717) is 12.8 Å². The van der Waals surface area contributed by atoms with E-state index in [1.807, 2.05) is 6.07 Å². The van der Waals surface area contributed by atoms with Gasteiger partial charge < -0.3 is 4.90 Å². The standard InChI is InChI=1S/C9H8N4O/c10-3-5-13(6-4-11)8(14)9(7-12)1-2-9/h1-2,5-6H2. The molecule has 1 amide bonds. The molecule has 0 spiro atoms. The van der Waals surface area contributed by atoms with Crippen LogP contribution in [0, 0.1) is 39.4 Å². The maximum Gasteiger partial charge on any atom is 0.244 e. The van der Waals surface area contributed by atoms with Gasteiger partial charge in [0.15, 0.2) is 0 Å². The minimum absolute atomic E-state index is 0.129. The van der Waals surface area contributed by atoms with Gasteiger partial charge in [0.2, 0.25) is 5.91 Å². The summed E-state index contributed by atoms with van der Waals surface area (Å²) in [4.78, 5) is 12.8. The van der Waals surface area contributed by atoms with Crippen LogP contribution in [0.15, 0.2) is 0 Å². The molecule has 0 saturated heterocycles. The third-order valence-electron chi connectivity index (χ3n) is 2.18. The summed E-state index contributed by atoms with van der Waals surface area (Å²) >= 11 is 0. The zero-order chi connectivity index (χ0) is 10.6. The quantitative estimate of drug-likeness (QED) is 0.590. The molecule has 0 aromatic rings. The lowest BCUT2D eigenvalue weighted by Gasteiger charge is -2.18. The van der Waals surface area contributed by atoms with Crippen LogP contribution in [-0.2, 0) is 4.79 Å². The van der Waals surface area contributed by atoms with Crippen molar-refractivity contribution in [3.8, 4) is 18.2 Å². The highest BCUT2D eigenvalue weighted by atomic mass is 16.2. The van der Waals surface area contributed by atoms with Crippen LogP contribution in [0.5, 0.6) is 0 Å². The smallest absolute Gasteiger partial charge is 0.244 e. The Morgan fingerprint density at radius 3 is 2.00 bits per heavy atom. The maximum absolute atomic E-state index is 11.6. The molecule has 0 radical (unpaired) electrons. The molecule has 1 aliphatic carbocycles. The Morgan fingerprint density at radius 1 is 1.21 bits per heavy atom. The lowest BCUT2D eigenvalue weighted by atomic mass is 10.1. The average molecular weight is 188 g/mol. The molecule has 0 aliphatic heterocycles. The largest absolute Gasteiger partial charge is 0.315 e. The minimum atomic E-state index is -0.937. The van der Waals surface area contributed by atoms with Crippen molar-refractivity contribution in [2.45, 2.75) is 12.8 Å². The normalized spacial score (nSPS) is 15.8. The van der Waals surface area contributed by atoms with Crippen molar-refractivity contribution in [3.05, 3.63) is 0 Å². The first kappa shape index (κ1) is 10.0. The van der Waals surface area contributed by atoms with Gasteiger partial charge in [0, 0.05) is 0 Å². The first-order valence-corrected chi connectivity index (χ1v) is 4.15. The van der Waals surface area contributed by atoms with E-state index < -0.39 is 5.41 Å². The maximum atomic E-state index is 11.6. The predicted molar refractivity (Wildman–Crippen MR) is 45.1 cm³/mol. The molecule has 1 aliphatic rings. The molecule has 1 saturated carbocycles. The van der Waals surface area contributed by atoms with Crippen molar-refractivity contribution in [2.75, 3.05) is 13.1 Å². The first-order valence-electron chi connectivity index (χ1n) is 4.15. The third kappa shape index (κ3) is 1.65. The lowest BCUT2D eigenvalue weighted by Crippen LogP contribution is -2.37. The van der Waals surface area contributed by atoms with Crippen molar-refractivity contribution in [3.63, 3.8) is 0 Å². The number of hydrogen-bond donors (Lipinski definition) is 0. The lowest BCUT2D eigenvalue weighted by molar-refractivity contribution is -0.133. The fraction of sp³-hybridized carbons (Fsp3) is 0.556. The number of rotatable bonds is 3. The van der Waals surface area contributed by atoms with Crippen LogP contribution in [0.4, 0.5) is 0 Å². The first-order chi connectivity index (χ1) is 6.70. The molecular formula is C9H8N4O. The van der Waals surface area contributed by atoms with Crippen molar-refractivity contribution < 1.29 is 4.79 Å². The summed E-state index contributed by atoms with van der Waals surface area (Å²) in [6.07, 6.45) is 1.07. The van der Waals surface area contributed by atoms with E-state index in [9.17, 15) is 4.79 Å². The second kappa shape index (κ2) is 3.77. The second-order valence-electron chi connectivity index (χ2n) is 3.17. The number of carbonyl (C=O) groups excluding carboxylic acids is 1. The number of nitriles is 3. The van der Waals surface area contributed by atoms with E-state index in [4.69, 9.17) is 15.8 Å². The van der Waals surface area contributed by atoms with Gasteiger partial charge in [0.05, 0.1) is 18.2 Å². The van der Waals surface area contributed by atoms with Gasteiger partial charge in [-0.05, 0) is 12.8 Å². The predicted octanol–water partition coefficient (Wildman–Crippen LogP) is 0.166. The summed E-state index contributed by atoms with van der Waals surface area (Å²) in [7, 11) is 0. The van der Waals surface area contributed by atoms with Gasteiger partial charge in [-0.3, -0.25) is 4.79 Å². The molecule has 0 aromatic heterocycles. The Morgan fingerprint density at radius 2 is 1.71 bits per heavy atom. The Kier molecular flexibility index (Phi) is 2.70. The van der Waals surface area contributed by atoms with Crippen molar-refractivity contribution in [2.24, 2.45) is 5.41 Å². The Hall–Kier alpha value is -2.06. The second-order valence-corrected chi connectivity index (χ2v) is 3.17. The summed E-state index contributed by atoms with van der Waals surface area (Å²) in [6.45, 7) is -0.258. The van der Waals surface area contributed by atoms with E-state index in [2.05, 4.69) is 0 Å². The summed E-state index contributed by atoms with van der Waals surface area (Å²) in [5.74, 6) is -0.386. The molecular weight excluding hydrogens is 180 g/mol. The molecule has 0 bridgehead atoms. The fourth-order valence-electron chi connectivity index (χ4n) is 1.17. The highest BCUT2D eigenvalue weighted by Crippen LogP contribution is 2.46. The highest BCUT2D eigenvalue weighted by molar-refractivity contribution is 5.88.